The highest BCUT2D eigenvalue weighted by Gasteiger charge is 2.26. The largest absolute Gasteiger partial charge is 0.504 e. The molecule has 3 heterocycles. The van der Waals surface area contributed by atoms with Crippen molar-refractivity contribution in [3.63, 3.8) is 0 Å². The van der Waals surface area contributed by atoms with Gasteiger partial charge in [0.15, 0.2) is 16.7 Å². The maximum atomic E-state index is 10.4. The van der Waals surface area contributed by atoms with Crippen LogP contribution in [0, 0.1) is 0 Å². The van der Waals surface area contributed by atoms with Crippen LogP contribution in [-0.4, -0.2) is 75.3 Å². The Hall–Kier alpha value is -1.77. The van der Waals surface area contributed by atoms with Gasteiger partial charge in [-0.1, -0.05) is 30.3 Å². The Kier molecular flexibility index (Phi) is 7.74. The molecule has 170 valence electrons. The quantitative estimate of drug-likeness (QED) is 0.624. The van der Waals surface area contributed by atoms with Crippen LogP contribution in [0.5, 0.6) is 11.5 Å². The number of aromatic nitrogens is 3. The molecule has 8 heteroatoms. The number of hydrogen-bond donors (Lipinski definition) is 1. The third-order valence-electron chi connectivity index (χ3n) is 6.61. The number of methoxy groups -OCH3 is 1. The van der Waals surface area contributed by atoms with Crippen LogP contribution >= 0.6 is 11.8 Å². The van der Waals surface area contributed by atoms with Crippen LogP contribution in [0.3, 0.4) is 0 Å². The fraction of sp³-hybridized carbons (Fsp3) is 0.652. The number of para-hydroxylation sites is 1. The highest BCUT2D eigenvalue weighted by Crippen LogP contribution is 2.33. The third kappa shape index (κ3) is 5.54. The van der Waals surface area contributed by atoms with Crippen LogP contribution < -0.4 is 4.74 Å². The lowest BCUT2D eigenvalue weighted by molar-refractivity contribution is 0.198. The summed E-state index contributed by atoms with van der Waals surface area (Å²) in [5.74, 6) is 3.44. The number of piperidine rings is 2. The predicted molar refractivity (Wildman–Crippen MR) is 124 cm³/mol. The van der Waals surface area contributed by atoms with Gasteiger partial charge in [0.1, 0.15) is 5.82 Å². The Morgan fingerprint density at radius 2 is 1.84 bits per heavy atom. The molecule has 2 fully saturated rings. The minimum Gasteiger partial charge on any atom is -0.504 e. The molecule has 0 bridgehead atoms. The van der Waals surface area contributed by atoms with Crippen molar-refractivity contribution in [2.45, 2.75) is 49.7 Å². The minimum absolute atomic E-state index is 0.256. The summed E-state index contributed by atoms with van der Waals surface area (Å²) in [6.45, 7) is 6.36. The molecule has 0 atom stereocenters. The van der Waals surface area contributed by atoms with E-state index >= 15 is 0 Å². The highest BCUT2D eigenvalue weighted by atomic mass is 32.2. The maximum absolute atomic E-state index is 10.4. The van der Waals surface area contributed by atoms with Crippen molar-refractivity contribution in [3.05, 3.63) is 29.6 Å². The number of likely N-dealkylation sites (tertiary alicyclic amines) is 2. The molecule has 2 saturated heterocycles. The molecule has 1 aromatic carbocycles. The van der Waals surface area contributed by atoms with E-state index in [9.17, 15) is 5.11 Å². The lowest BCUT2D eigenvalue weighted by atomic mass is 9.95. The topological polar surface area (TPSA) is 66.7 Å². The molecule has 4 rings (SSSR count). The van der Waals surface area contributed by atoms with Crippen molar-refractivity contribution in [3.8, 4) is 11.5 Å². The molecule has 7 nitrogen and oxygen atoms in total. The molecule has 2 aliphatic rings. The molecular formula is C23H35N5O2S. The van der Waals surface area contributed by atoms with E-state index in [4.69, 9.17) is 4.74 Å². The van der Waals surface area contributed by atoms with Crippen molar-refractivity contribution in [1.82, 2.24) is 24.6 Å². The zero-order valence-corrected chi connectivity index (χ0v) is 19.6. The summed E-state index contributed by atoms with van der Waals surface area (Å²) >= 11 is 1.83. The first-order valence-corrected chi connectivity index (χ1v) is 12.5. The number of benzene rings is 1. The van der Waals surface area contributed by atoms with E-state index in [2.05, 4.69) is 31.6 Å². The van der Waals surface area contributed by atoms with Crippen LogP contribution in [-0.2, 0) is 13.6 Å². The fourth-order valence-corrected chi connectivity index (χ4v) is 5.62. The van der Waals surface area contributed by atoms with Crippen LogP contribution in [0.25, 0.3) is 0 Å². The predicted octanol–water partition coefficient (Wildman–Crippen LogP) is 3.49. The second-order valence-corrected chi connectivity index (χ2v) is 9.73. The Balaban J connectivity index is 1.27. The molecule has 0 spiro atoms. The van der Waals surface area contributed by atoms with Gasteiger partial charge in [0.25, 0.3) is 0 Å². The Morgan fingerprint density at radius 3 is 2.58 bits per heavy atom. The van der Waals surface area contributed by atoms with E-state index in [1.54, 1.807) is 13.2 Å². The van der Waals surface area contributed by atoms with E-state index in [0.717, 1.165) is 61.3 Å². The highest BCUT2D eigenvalue weighted by molar-refractivity contribution is 7.99. The van der Waals surface area contributed by atoms with Gasteiger partial charge in [-0.25, -0.2) is 0 Å². The second-order valence-electron chi connectivity index (χ2n) is 8.67. The number of nitrogens with zero attached hydrogens (tertiary/aromatic N) is 5. The van der Waals surface area contributed by atoms with Crippen LogP contribution in [0.1, 0.15) is 49.4 Å². The van der Waals surface area contributed by atoms with E-state index in [0.29, 0.717) is 11.7 Å². The minimum atomic E-state index is 0.256. The fourth-order valence-electron chi connectivity index (χ4n) is 4.71. The second kappa shape index (κ2) is 10.7. The lowest BCUT2D eigenvalue weighted by Gasteiger charge is -2.31. The van der Waals surface area contributed by atoms with Gasteiger partial charge in [0, 0.05) is 37.4 Å². The monoisotopic (exact) mass is 445 g/mol. The van der Waals surface area contributed by atoms with E-state index in [1.807, 2.05) is 23.9 Å². The molecule has 0 unspecified atom stereocenters. The SMILES string of the molecule is COc1cccc(CN2CCC(c3nnc(SCCN4CCCCC4)n3C)CC2)c1O. The van der Waals surface area contributed by atoms with E-state index < -0.39 is 0 Å². The summed E-state index contributed by atoms with van der Waals surface area (Å²) in [6.07, 6.45) is 6.20. The normalized spacial score (nSPS) is 19.0. The first kappa shape index (κ1) is 22.4. The molecule has 1 aromatic heterocycles. The molecular weight excluding hydrogens is 410 g/mol. The first-order chi connectivity index (χ1) is 15.2. The average Bonchev–Trinajstić information content (AvgIpc) is 3.17. The van der Waals surface area contributed by atoms with Crippen molar-refractivity contribution < 1.29 is 9.84 Å². The number of thioether (sulfide) groups is 1. The van der Waals surface area contributed by atoms with Crippen molar-refractivity contribution in [2.75, 3.05) is 45.6 Å². The zero-order valence-electron chi connectivity index (χ0n) is 18.8. The van der Waals surface area contributed by atoms with Gasteiger partial charge < -0.3 is 19.3 Å². The van der Waals surface area contributed by atoms with Crippen LogP contribution in [0.2, 0.25) is 0 Å². The maximum Gasteiger partial charge on any atom is 0.191 e. The van der Waals surface area contributed by atoms with Gasteiger partial charge in [0.05, 0.1) is 7.11 Å². The summed E-state index contributed by atoms with van der Waals surface area (Å²) in [5, 5.41) is 20.4. The van der Waals surface area contributed by atoms with Crippen molar-refractivity contribution >= 4 is 11.8 Å². The average molecular weight is 446 g/mol. The summed E-state index contributed by atoms with van der Waals surface area (Å²) in [5.41, 5.74) is 0.920. The Bertz CT molecular complexity index is 844. The summed E-state index contributed by atoms with van der Waals surface area (Å²) in [6, 6.07) is 5.70. The van der Waals surface area contributed by atoms with E-state index in [1.165, 1.54) is 32.4 Å². The molecule has 31 heavy (non-hydrogen) atoms. The van der Waals surface area contributed by atoms with Gasteiger partial charge >= 0.3 is 0 Å². The molecule has 0 saturated carbocycles. The molecule has 0 amide bonds. The first-order valence-electron chi connectivity index (χ1n) is 11.5. The molecule has 1 N–H and O–H groups in total. The summed E-state index contributed by atoms with van der Waals surface area (Å²) in [4.78, 5) is 4.97. The van der Waals surface area contributed by atoms with Gasteiger partial charge in [-0.05, 0) is 57.9 Å². The van der Waals surface area contributed by atoms with Gasteiger partial charge in [0.2, 0.25) is 0 Å². The van der Waals surface area contributed by atoms with Gasteiger partial charge in [-0.3, -0.25) is 4.90 Å². The van der Waals surface area contributed by atoms with Gasteiger partial charge in [-0.15, -0.1) is 10.2 Å². The Labute approximate surface area is 189 Å². The van der Waals surface area contributed by atoms with Gasteiger partial charge in [-0.2, -0.15) is 0 Å². The number of hydrogen-bond acceptors (Lipinski definition) is 7. The molecule has 0 radical (unpaired) electrons. The number of rotatable bonds is 8. The standard InChI is InChI=1S/C23H35N5O2S/c1-26-22(24-25-23(26)31-16-15-27-11-4-3-5-12-27)18-9-13-28(14-10-18)17-19-7-6-8-20(30-2)21(19)29/h6-8,18,29H,3-5,9-17H2,1-2H3. The van der Waals surface area contributed by atoms with E-state index in [-0.39, 0.29) is 5.75 Å². The van der Waals surface area contributed by atoms with Crippen molar-refractivity contribution in [2.24, 2.45) is 7.05 Å². The van der Waals surface area contributed by atoms with Crippen LogP contribution in [0.4, 0.5) is 0 Å². The number of phenols is 1. The Morgan fingerprint density at radius 1 is 1.06 bits per heavy atom. The molecule has 2 aliphatic heterocycles. The summed E-state index contributed by atoms with van der Waals surface area (Å²) in [7, 11) is 3.70. The third-order valence-corrected chi connectivity index (χ3v) is 7.61. The summed E-state index contributed by atoms with van der Waals surface area (Å²) < 4.78 is 7.44. The molecule has 2 aromatic rings. The van der Waals surface area contributed by atoms with Crippen LogP contribution in [0.15, 0.2) is 23.4 Å². The smallest absolute Gasteiger partial charge is 0.191 e. The number of aromatic hydroxyl groups is 1. The molecule has 0 aliphatic carbocycles. The lowest BCUT2D eigenvalue weighted by Crippen LogP contribution is -2.33. The number of ether oxygens (including phenoxy) is 1. The van der Waals surface area contributed by atoms with Crippen molar-refractivity contribution in [1.29, 1.82) is 0 Å². The number of phenolic OH excluding ortho intramolecular Hbond substituents is 1. The zero-order chi connectivity index (χ0) is 21.6.